The Hall–Kier alpha value is -1.20. The summed E-state index contributed by atoms with van der Waals surface area (Å²) in [6.45, 7) is 4.49. The van der Waals surface area contributed by atoms with E-state index in [4.69, 9.17) is 0 Å². The van der Waals surface area contributed by atoms with Gasteiger partial charge < -0.3 is 10.1 Å². The summed E-state index contributed by atoms with van der Waals surface area (Å²) in [7, 11) is 1.39. The Kier molecular flexibility index (Phi) is 5.86. The second kappa shape index (κ2) is 7.19. The van der Waals surface area contributed by atoms with Crippen molar-refractivity contribution in [3.05, 3.63) is 28.2 Å². The molecule has 1 atom stereocenters. The molecule has 4 nitrogen and oxygen atoms in total. The molecular formula is C12H18N2O2S. The molecule has 1 rings (SSSR count). The van der Waals surface area contributed by atoms with Crippen molar-refractivity contribution in [1.82, 2.24) is 10.3 Å². The van der Waals surface area contributed by atoms with E-state index in [1.165, 1.54) is 7.11 Å². The van der Waals surface area contributed by atoms with Crippen LogP contribution in [0.3, 0.4) is 0 Å². The van der Waals surface area contributed by atoms with Gasteiger partial charge in [0.1, 0.15) is 5.01 Å². The van der Waals surface area contributed by atoms with Crippen molar-refractivity contribution in [3.8, 4) is 0 Å². The summed E-state index contributed by atoms with van der Waals surface area (Å²) in [5.41, 5.74) is 0.619. The van der Waals surface area contributed by atoms with Crippen molar-refractivity contribution >= 4 is 17.3 Å². The minimum Gasteiger partial charge on any atom is -0.466 e. The van der Waals surface area contributed by atoms with Gasteiger partial charge in [0.15, 0.2) is 0 Å². The molecular weight excluding hydrogens is 236 g/mol. The first-order valence-corrected chi connectivity index (χ1v) is 6.44. The zero-order valence-electron chi connectivity index (χ0n) is 10.4. The van der Waals surface area contributed by atoms with E-state index < -0.39 is 0 Å². The molecule has 0 amide bonds. The van der Waals surface area contributed by atoms with Crippen molar-refractivity contribution in [3.63, 3.8) is 0 Å². The van der Waals surface area contributed by atoms with E-state index in [1.807, 2.05) is 11.5 Å². The molecule has 0 bridgehead atoms. The Balaban J connectivity index is 2.47. The average molecular weight is 254 g/mol. The highest BCUT2D eigenvalue weighted by Gasteiger charge is 2.10. The molecule has 0 aromatic carbocycles. The second-order valence-corrected chi connectivity index (χ2v) is 4.54. The number of rotatable bonds is 6. The lowest BCUT2D eigenvalue weighted by atomic mass is 10.2. The Morgan fingerprint density at radius 1 is 1.71 bits per heavy atom. The molecule has 1 aromatic heterocycles. The molecule has 1 unspecified atom stereocenters. The minimum atomic E-state index is -0.283. The number of hydrogen-bond donors (Lipinski definition) is 1. The lowest BCUT2D eigenvalue weighted by Gasteiger charge is -2.12. The molecule has 0 aliphatic carbocycles. The molecule has 0 saturated carbocycles. The third-order valence-electron chi connectivity index (χ3n) is 2.44. The lowest BCUT2D eigenvalue weighted by molar-refractivity contribution is -0.136. The molecule has 0 saturated heterocycles. The first kappa shape index (κ1) is 13.9. The van der Waals surface area contributed by atoms with E-state index in [1.54, 1.807) is 24.5 Å². The van der Waals surface area contributed by atoms with E-state index in [2.05, 4.69) is 22.0 Å². The van der Waals surface area contributed by atoms with Gasteiger partial charge in [0, 0.05) is 23.7 Å². The Morgan fingerprint density at radius 3 is 3.00 bits per heavy atom. The zero-order valence-corrected chi connectivity index (χ0v) is 11.2. The number of ether oxygens (including phenoxy) is 1. The number of thiazole rings is 1. The number of carbonyl (C=O) groups is 1. The standard InChI is InChI=1S/C12H18N2O2S/c1-4-10(11-14-7-8-17-11)13-6-5-9(2)12(15)16-3/h5,7-8,10,13H,4,6H2,1-3H3/b9-5-. The van der Waals surface area contributed by atoms with Crippen LogP contribution in [0.2, 0.25) is 0 Å². The molecule has 0 aliphatic heterocycles. The van der Waals surface area contributed by atoms with Crippen LogP contribution in [0.1, 0.15) is 31.3 Å². The number of hydrogen-bond acceptors (Lipinski definition) is 5. The molecule has 1 aromatic rings. The molecule has 5 heteroatoms. The van der Waals surface area contributed by atoms with Crippen LogP contribution in [0, 0.1) is 0 Å². The van der Waals surface area contributed by atoms with Gasteiger partial charge in [-0.2, -0.15) is 0 Å². The maximum absolute atomic E-state index is 11.2. The van der Waals surface area contributed by atoms with Crippen LogP contribution in [-0.4, -0.2) is 24.6 Å². The van der Waals surface area contributed by atoms with Gasteiger partial charge in [0.2, 0.25) is 0 Å². The predicted octanol–water partition coefficient (Wildman–Crippen LogP) is 2.30. The molecule has 17 heavy (non-hydrogen) atoms. The summed E-state index contributed by atoms with van der Waals surface area (Å²) in [5.74, 6) is -0.283. The van der Waals surface area contributed by atoms with E-state index in [0.29, 0.717) is 12.1 Å². The highest BCUT2D eigenvalue weighted by molar-refractivity contribution is 7.09. The fourth-order valence-electron chi connectivity index (χ4n) is 1.41. The van der Waals surface area contributed by atoms with Crippen molar-refractivity contribution in [2.75, 3.05) is 13.7 Å². The molecule has 94 valence electrons. The fourth-order valence-corrected chi connectivity index (χ4v) is 2.21. The number of esters is 1. The van der Waals surface area contributed by atoms with Crippen LogP contribution in [0.25, 0.3) is 0 Å². The summed E-state index contributed by atoms with van der Waals surface area (Å²) in [4.78, 5) is 15.4. The van der Waals surface area contributed by atoms with Gasteiger partial charge in [-0.1, -0.05) is 13.0 Å². The van der Waals surface area contributed by atoms with Crippen molar-refractivity contribution in [2.45, 2.75) is 26.3 Å². The van der Waals surface area contributed by atoms with Gasteiger partial charge >= 0.3 is 5.97 Å². The molecule has 0 radical (unpaired) electrons. The zero-order chi connectivity index (χ0) is 12.7. The fraction of sp³-hybridized carbons (Fsp3) is 0.500. The minimum absolute atomic E-state index is 0.247. The molecule has 0 aliphatic rings. The number of nitrogens with zero attached hydrogens (tertiary/aromatic N) is 1. The molecule has 0 spiro atoms. The summed E-state index contributed by atoms with van der Waals surface area (Å²) in [6.07, 6.45) is 4.61. The van der Waals surface area contributed by atoms with Crippen LogP contribution < -0.4 is 5.32 Å². The lowest BCUT2D eigenvalue weighted by Crippen LogP contribution is -2.21. The smallest absolute Gasteiger partial charge is 0.333 e. The predicted molar refractivity (Wildman–Crippen MR) is 68.9 cm³/mol. The normalized spacial score (nSPS) is 13.5. The van der Waals surface area contributed by atoms with Crippen LogP contribution in [0.4, 0.5) is 0 Å². The highest BCUT2D eigenvalue weighted by Crippen LogP contribution is 2.18. The number of methoxy groups -OCH3 is 1. The van der Waals surface area contributed by atoms with Crippen molar-refractivity contribution < 1.29 is 9.53 Å². The van der Waals surface area contributed by atoms with Gasteiger partial charge in [-0.15, -0.1) is 11.3 Å². The van der Waals surface area contributed by atoms with Crippen molar-refractivity contribution in [1.29, 1.82) is 0 Å². The second-order valence-electron chi connectivity index (χ2n) is 3.62. The Bertz CT molecular complexity index is 374. The van der Waals surface area contributed by atoms with Crippen LogP contribution in [0.15, 0.2) is 23.2 Å². The third-order valence-corrected chi connectivity index (χ3v) is 3.33. The summed E-state index contributed by atoms with van der Waals surface area (Å²) in [6, 6.07) is 0.247. The van der Waals surface area contributed by atoms with Crippen LogP contribution in [-0.2, 0) is 9.53 Å². The average Bonchev–Trinajstić information content (AvgIpc) is 2.87. The quantitative estimate of drug-likeness (QED) is 0.625. The topological polar surface area (TPSA) is 51.2 Å². The Labute approximate surface area is 106 Å². The van der Waals surface area contributed by atoms with Crippen LogP contribution >= 0.6 is 11.3 Å². The molecule has 1 N–H and O–H groups in total. The van der Waals surface area contributed by atoms with E-state index in [9.17, 15) is 4.79 Å². The first-order chi connectivity index (χ1) is 8.19. The largest absolute Gasteiger partial charge is 0.466 e. The van der Waals surface area contributed by atoms with E-state index in [0.717, 1.165) is 11.4 Å². The monoisotopic (exact) mass is 254 g/mol. The van der Waals surface area contributed by atoms with Crippen LogP contribution in [0.5, 0.6) is 0 Å². The SMILES string of the molecule is CCC(NC/C=C(/C)C(=O)OC)c1nccs1. The first-order valence-electron chi connectivity index (χ1n) is 5.56. The molecule has 1 heterocycles. The molecule has 0 fully saturated rings. The van der Waals surface area contributed by atoms with Gasteiger partial charge in [-0.05, 0) is 13.3 Å². The summed E-state index contributed by atoms with van der Waals surface area (Å²) in [5, 5.41) is 6.39. The van der Waals surface area contributed by atoms with Crippen molar-refractivity contribution in [2.24, 2.45) is 0 Å². The number of aromatic nitrogens is 1. The van der Waals surface area contributed by atoms with E-state index >= 15 is 0 Å². The maximum Gasteiger partial charge on any atom is 0.333 e. The summed E-state index contributed by atoms with van der Waals surface area (Å²) < 4.78 is 4.62. The van der Waals surface area contributed by atoms with E-state index in [-0.39, 0.29) is 12.0 Å². The van der Waals surface area contributed by atoms with Gasteiger partial charge in [-0.3, -0.25) is 0 Å². The number of nitrogens with one attached hydrogen (secondary N) is 1. The maximum atomic E-state index is 11.2. The number of carbonyl (C=O) groups excluding carboxylic acids is 1. The Morgan fingerprint density at radius 2 is 2.47 bits per heavy atom. The third kappa shape index (κ3) is 4.28. The van der Waals surface area contributed by atoms with Gasteiger partial charge in [-0.25, -0.2) is 9.78 Å². The van der Waals surface area contributed by atoms with Gasteiger partial charge in [0.25, 0.3) is 0 Å². The van der Waals surface area contributed by atoms with Gasteiger partial charge in [0.05, 0.1) is 13.2 Å². The summed E-state index contributed by atoms with van der Waals surface area (Å²) >= 11 is 1.64. The highest BCUT2D eigenvalue weighted by atomic mass is 32.1.